The maximum atomic E-state index is 11.6. The maximum Gasteiger partial charge on any atom is 0.251 e. The highest BCUT2D eigenvalue weighted by Crippen LogP contribution is 2.18. The van der Waals surface area contributed by atoms with Crippen molar-refractivity contribution in [1.29, 1.82) is 0 Å². The summed E-state index contributed by atoms with van der Waals surface area (Å²) in [7, 11) is 1.92. The van der Waals surface area contributed by atoms with E-state index in [4.69, 9.17) is 5.84 Å². The van der Waals surface area contributed by atoms with Crippen LogP contribution in [0.4, 0.5) is 0 Å². The average molecular weight is 300 g/mol. The number of amides is 1. The molecule has 1 unspecified atom stereocenters. The molecule has 0 aliphatic rings. The number of nitrogens with zero attached hydrogens (tertiary/aromatic N) is 1. The van der Waals surface area contributed by atoms with E-state index in [-0.39, 0.29) is 11.9 Å². The Labute approximate surface area is 110 Å². The number of hydrogen-bond donors (Lipinski definition) is 2. The molecule has 0 aromatic heterocycles. The number of carbonyl (C=O) groups excluding carboxylic acids is 1. The number of likely N-dealkylation sites (N-methyl/N-ethyl adjacent to an activating group) is 1. The first-order valence-electron chi connectivity index (χ1n) is 5.54. The van der Waals surface area contributed by atoms with Gasteiger partial charge in [0, 0.05) is 11.0 Å². The van der Waals surface area contributed by atoms with E-state index in [1.165, 1.54) is 0 Å². The first-order chi connectivity index (χ1) is 8.10. The second-order valence-electron chi connectivity index (χ2n) is 3.94. The Balaban J connectivity index is 2.74. The molecule has 17 heavy (non-hydrogen) atoms. The Morgan fingerprint density at radius 1 is 1.53 bits per heavy atom. The molecule has 3 N–H and O–H groups in total. The Kier molecular flexibility index (Phi) is 5.61. The lowest BCUT2D eigenvalue weighted by Crippen LogP contribution is -2.47. The van der Waals surface area contributed by atoms with Gasteiger partial charge in [0.25, 0.3) is 5.91 Å². The molecule has 0 saturated carbocycles. The van der Waals surface area contributed by atoms with Gasteiger partial charge >= 0.3 is 0 Å². The number of nitrogens with two attached hydrogens (primary N) is 1. The van der Waals surface area contributed by atoms with Gasteiger partial charge in [0.2, 0.25) is 0 Å². The Bertz CT molecular complexity index is 384. The van der Waals surface area contributed by atoms with Gasteiger partial charge in [-0.1, -0.05) is 41.1 Å². The zero-order chi connectivity index (χ0) is 12.8. The smallest absolute Gasteiger partial charge is 0.251 e. The lowest BCUT2D eigenvalue weighted by molar-refractivity contribution is -0.126. The topological polar surface area (TPSA) is 58.4 Å². The predicted molar refractivity (Wildman–Crippen MR) is 72.0 cm³/mol. The highest BCUT2D eigenvalue weighted by atomic mass is 79.9. The van der Waals surface area contributed by atoms with Crippen LogP contribution in [0.15, 0.2) is 28.7 Å². The minimum Gasteiger partial charge on any atom is -0.293 e. The van der Waals surface area contributed by atoms with Crippen molar-refractivity contribution in [2.45, 2.75) is 25.9 Å². The van der Waals surface area contributed by atoms with E-state index < -0.39 is 0 Å². The third-order valence-electron chi connectivity index (χ3n) is 2.74. The summed E-state index contributed by atoms with van der Waals surface area (Å²) in [6, 6.07) is 7.78. The first kappa shape index (κ1) is 14.2. The lowest BCUT2D eigenvalue weighted by atomic mass is 10.1. The second kappa shape index (κ2) is 6.74. The SMILES string of the molecule is CCC(C(=O)NN)N(C)Cc1ccccc1Br. The predicted octanol–water partition coefficient (Wildman–Crippen LogP) is 1.65. The van der Waals surface area contributed by atoms with Crippen LogP contribution >= 0.6 is 15.9 Å². The van der Waals surface area contributed by atoms with E-state index in [1.54, 1.807) is 0 Å². The van der Waals surface area contributed by atoms with E-state index >= 15 is 0 Å². The summed E-state index contributed by atoms with van der Waals surface area (Å²) >= 11 is 3.50. The van der Waals surface area contributed by atoms with Crippen LogP contribution < -0.4 is 11.3 Å². The molecule has 0 heterocycles. The third-order valence-corrected chi connectivity index (χ3v) is 3.51. The molecule has 1 amide bonds. The summed E-state index contributed by atoms with van der Waals surface area (Å²) in [4.78, 5) is 13.6. The van der Waals surface area contributed by atoms with Gasteiger partial charge < -0.3 is 0 Å². The standard InChI is InChI=1S/C12H18BrN3O/c1-3-11(12(17)15-14)16(2)8-9-6-4-5-7-10(9)13/h4-7,11H,3,8,14H2,1-2H3,(H,15,17). The number of hydrazine groups is 1. The molecule has 94 valence electrons. The Morgan fingerprint density at radius 2 is 2.18 bits per heavy atom. The van der Waals surface area contributed by atoms with Crippen LogP contribution in [0.3, 0.4) is 0 Å². The number of halogens is 1. The number of hydrogen-bond acceptors (Lipinski definition) is 3. The zero-order valence-electron chi connectivity index (χ0n) is 10.1. The minimum atomic E-state index is -0.202. The van der Waals surface area contributed by atoms with Crippen LogP contribution in [0.2, 0.25) is 0 Å². The van der Waals surface area contributed by atoms with Crippen molar-refractivity contribution in [3.63, 3.8) is 0 Å². The van der Waals surface area contributed by atoms with Gasteiger partial charge in [-0.2, -0.15) is 0 Å². The third kappa shape index (κ3) is 3.80. The van der Waals surface area contributed by atoms with Gasteiger partial charge in [-0.15, -0.1) is 0 Å². The first-order valence-corrected chi connectivity index (χ1v) is 6.33. The molecule has 5 heteroatoms. The molecule has 0 spiro atoms. The van der Waals surface area contributed by atoms with Crippen molar-refractivity contribution in [3.8, 4) is 0 Å². The fourth-order valence-corrected chi connectivity index (χ4v) is 2.21. The number of rotatable bonds is 5. The fraction of sp³-hybridized carbons (Fsp3) is 0.417. The molecule has 0 radical (unpaired) electrons. The molecular weight excluding hydrogens is 282 g/mol. The summed E-state index contributed by atoms with van der Waals surface area (Å²) in [5, 5.41) is 0. The van der Waals surface area contributed by atoms with Gasteiger partial charge in [-0.3, -0.25) is 15.1 Å². The van der Waals surface area contributed by atoms with Crippen LogP contribution in [0.25, 0.3) is 0 Å². The van der Waals surface area contributed by atoms with Crippen molar-refractivity contribution < 1.29 is 4.79 Å². The van der Waals surface area contributed by atoms with Crippen LogP contribution in [-0.2, 0) is 11.3 Å². The molecule has 4 nitrogen and oxygen atoms in total. The van der Waals surface area contributed by atoms with Crippen molar-refractivity contribution >= 4 is 21.8 Å². The van der Waals surface area contributed by atoms with Gasteiger partial charge in [0.05, 0.1) is 6.04 Å². The van der Waals surface area contributed by atoms with E-state index in [0.29, 0.717) is 6.54 Å². The van der Waals surface area contributed by atoms with Crippen molar-refractivity contribution in [3.05, 3.63) is 34.3 Å². The fourth-order valence-electron chi connectivity index (χ4n) is 1.80. The van der Waals surface area contributed by atoms with Crippen molar-refractivity contribution in [2.75, 3.05) is 7.05 Å². The van der Waals surface area contributed by atoms with Crippen LogP contribution in [0.1, 0.15) is 18.9 Å². The summed E-state index contributed by atoms with van der Waals surface area (Å²) in [5.41, 5.74) is 3.36. The molecule has 1 aromatic carbocycles. The van der Waals surface area contributed by atoms with Gasteiger partial charge in [-0.25, -0.2) is 5.84 Å². The van der Waals surface area contributed by atoms with Crippen LogP contribution in [-0.4, -0.2) is 23.9 Å². The highest BCUT2D eigenvalue weighted by Gasteiger charge is 2.20. The van der Waals surface area contributed by atoms with Gasteiger partial charge in [0.1, 0.15) is 0 Å². The Hall–Kier alpha value is -0.910. The quantitative estimate of drug-likeness (QED) is 0.494. The van der Waals surface area contributed by atoms with Gasteiger partial charge in [-0.05, 0) is 25.1 Å². The van der Waals surface area contributed by atoms with Crippen LogP contribution in [0, 0.1) is 0 Å². The van der Waals surface area contributed by atoms with E-state index in [2.05, 4.69) is 21.4 Å². The van der Waals surface area contributed by atoms with E-state index in [9.17, 15) is 4.79 Å². The van der Waals surface area contributed by atoms with Crippen molar-refractivity contribution in [1.82, 2.24) is 10.3 Å². The van der Waals surface area contributed by atoms with E-state index in [1.807, 2.05) is 43.1 Å². The molecule has 1 rings (SSSR count). The number of carbonyl (C=O) groups is 1. The summed E-state index contributed by atoms with van der Waals surface area (Å²) < 4.78 is 1.05. The number of nitrogens with one attached hydrogen (secondary N) is 1. The number of benzene rings is 1. The monoisotopic (exact) mass is 299 g/mol. The largest absolute Gasteiger partial charge is 0.293 e. The summed E-state index contributed by atoms with van der Waals surface area (Å²) in [6.45, 7) is 2.67. The molecule has 0 fully saturated rings. The average Bonchev–Trinajstić information content (AvgIpc) is 2.32. The Morgan fingerprint density at radius 3 is 2.71 bits per heavy atom. The molecule has 0 aliphatic heterocycles. The minimum absolute atomic E-state index is 0.151. The zero-order valence-corrected chi connectivity index (χ0v) is 11.7. The maximum absolute atomic E-state index is 11.6. The summed E-state index contributed by atoms with van der Waals surface area (Å²) in [5.74, 6) is 5.02. The normalized spacial score (nSPS) is 12.5. The van der Waals surface area contributed by atoms with Crippen molar-refractivity contribution in [2.24, 2.45) is 5.84 Å². The molecule has 1 aromatic rings. The van der Waals surface area contributed by atoms with E-state index in [0.717, 1.165) is 16.5 Å². The molecule has 0 saturated heterocycles. The molecule has 1 atom stereocenters. The highest BCUT2D eigenvalue weighted by molar-refractivity contribution is 9.10. The van der Waals surface area contributed by atoms with Crippen LogP contribution in [0.5, 0.6) is 0 Å². The molecular formula is C12H18BrN3O. The molecule has 0 bridgehead atoms. The second-order valence-corrected chi connectivity index (χ2v) is 4.79. The van der Waals surface area contributed by atoms with Gasteiger partial charge in [0.15, 0.2) is 0 Å². The lowest BCUT2D eigenvalue weighted by Gasteiger charge is -2.25. The summed E-state index contributed by atoms with van der Waals surface area (Å²) in [6.07, 6.45) is 0.726. The molecule has 0 aliphatic carbocycles.